The van der Waals surface area contributed by atoms with Crippen molar-refractivity contribution < 1.29 is 18.8 Å². The Balaban J connectivity index is 1.76. The lowest BCUT2D eigenvalue weighted by atomic mass is 9.92. The molecule has 6 nitrogen and oxygen atoms in total. The molecule has 140 valence electrons. The van der Waals surface area contributed by atoms with Gasteiger partial charge in [0.15, 0.2) is 0 Å². The van der Waals surface area contributed by atoms with Gasteiger partial charge in [0.25, 0.3) is 5.91 Å². The summed E-state index contributed by atoms with van der Waals surface area (Å²) in [4.78, 5) is 40.7. The highest BCUT2D eigenvalue weighted by atomic mass is 19.1. The summed E-state index contributed by atoms with van der Waals surface area (Å²) >= 11 is 0. The van der Waals surface area contributed by atoms with Gasteiger partial charge < -0.3 is 10.2 Å². The minimum absolute atomic E-state index is 0.167. The molecule has 1 aromatic rings. The minimum Gasteiger partial charge on any atom is -0.338 e. The van der Waals surface area contributed by atoms with Gasteiger partial charge in [0.2, 0.25) is 5.91 Å². The van der Waals surface area contributed by atoms with E-state index < -0.39 is 23.3 Å². The summed E-state index contributed by atoms with van der Waals surface area (Å²) in [5.41, 5.74) is -0.812. The van der Waals surface area contributed by atoms with E-state index in [4.69, 9.17) is 0 Å². The summed E-state index contributed by atoms with van der Waals surface area (Å²) < 4.78 is 13.2. The molecule has 0 aromatic heterocycles. The lowest BCUT2D eigenvalue weighted by Crippen LogP contribution is -2.49. The third kappa shape index (κ3) is 3.18. The van der Waals surface area contributed by atoms with Crippen molar-refractivity contribution in [3.63, 3.8) is 0 Å². The molecular weight excluding hydrogens is 337 g/mol. The monoisotopic (exact) mass is 361 g/mol. The van der Waals surface area contributed by atoms with Crippen LogP contribution in [-0.4, -0.2) is 46.8 Å². The fraction of sp³-hybridized carbons (Fsp3) is 0.526. The molecule has 7 heteroatoms. The zero-order chi connectivity index (χ0) is 18.9. The van der Waals surface area contributed by atoms with E-state index in [1.807, 2.05) is 6.92 Å². The summed E-state index contributed by atoms with van der Waals surface area (Å²) in [5, 5.41) is 2.64. The number of imide groups is 1. The number of hydrogen-bond acceptors (Lipinski definition) is 3. The van der Waals surface area contributed by atoms with Crippen molar-refractivity contribution in [3.05, 3.63) is 35.6 Å². The number of carbonyl (C=O) groups is 3. The van der Waals surface area contributed by atoms with Crippen molar-refractivity contribution >= 4 is 17.8 Å². The Morgan fingerprint density at radius 1 is 1.27 bits per heavy atom. The van der Waals surface area contributed by atoms with Gasteiger partial charge in [-0.1, -0.05) is 19.1 Å². The number of amides is 4. The van der Waals surface area contributed by atoms with Crippen molar-refractivity contribution in [3.8, 4) is 0 Å². The molecule has 2 aliphatic rings. The van der Waals surface area contributed by atoms with Crippen LogP contribution in [0.1, 0.15) is 45.1 Å². The van der Waals surface area contributed by atoms with Gasteiger partial charge in [-0.15, -0.1) is 0 Å². The number of hydrogen-bond donors (Lipinski definition) is 1. The van der Waals surface area contributed by atoms with E-state index >= 15 is 0 Å². The predicted octanol–water partition coefficient (Wildman–Crippen LogP) is 2.38. The molecule has 0 spiro atoms. The Hall–Kier alpha value is -2.44. The summed E-state index contributed by atoms with van der Waals surface area (Å²) in [6.07, 6.45) is 3.85. The Morgan fingerprint density at radius 3 is 2.62 bits per heavy atom. The first-order chi connectivity index (χ1) is 12.4. The number of carbonyl (C=O) groups excluding carboxylic acids is 3. The van der Waals surface area contributed by atoms with Crippen LogP contribution in [0, 0.1) is 5.82 Å². The summed E-state index contributed by atoms with van der Waals surface area (Å²) in [7, 11) is 0. The van der Waals surface area contributed by atoms with Crippen LogP contribution < -0.4 is 5.32 Å². The standard InChI is InChI=1S/C19H24FN3O3/c1-3-15-6-4-5-11-22(15)16(24)12-23-17(25)19(2,21-18(23)26)13-7-9-14(20)10-8-13/h7-10,15H,3-6,11-12H2,1-2H3,(H,21,26). The number of nitrogens with one attached hydrogen (secondary N) is 1. The zero-order valence-electron chi connectivity index (χ0n) is 15.1. The van der Waals surface area contributed by atoms with Gasteiger partial charge >= 0.3 is 6.03 Å². The molecular formula is C19H24FN3O3. The normalized spacial score (nSPS) is 26.2. The van der Waals surface area contributed by atoms with Gasteiger partial charge in [-0.25, -0.2) is 9.18 Å². The second-order valence-corrected chi connectivity index (χ2v) is 7.10. The third-order valence-corrected chi connectivity index (χ3v) is 5.41. The topological polar surface area (TPSA) is 69.7 Å². The Morgan fingerprint density at radius 2 is 1.96 bits per heavy atom. The van der Waals surface area contributed by atoms with Crippen LogP contribution in [0.3, 0.4) is 0 Å². The SMILES string of the molecule is CCC1CCCCN1C(=O)CN1C(=O)NC(C)(c2ccc(F)cc2)C1=O. The van der Waals surface area contributed by atoms with Gasteiger partial charge in [0.05, 0.1) is 0 Å². The molecule has 2 heterocycles. The highest BCUT2D eigenvalue weighted by Gasteiger charge is 2.49. The molecule has 2 aliphatic heterocycles. The molecule has 4 amide bonds. The predicted molar refractivity (Wildman–Crippen MR) is 93.6 cm³/mol. The van der Waals surface area contributed by atoms with Crippen molar-refractivity contribution in [2.75, 3.05) is 13.1 Å². The van der Waals surface area contributed by atoms with Crippen LogP contribution in [0.25, 0.3) is 0 Å². The summed E-state index contributed by atoms with van der Waals surface area (Å²) in [6.45, 7) is 4.00. The largest absolute Gasteiger partial charge is 0.338 e. The van der Waals surface area contributed by atoms with E-state index in [1.54, 1.807) is 11.8 Å². The molecule has 0 bridgehead atoms. The number of rotatable bonds is 4. The Bertz CT molecular complexity index is 721. The molecule has 1 N–H and O–H groups in total. The zero-order valence-corrected chi connectivity index (χ0v) is 15.1. The summed E-state index contributed by atoms with van der Waals surface area (Å²) in [6, 6.07) is 4.99. The van der Waals surface area contributed by atoms with Crippen molar-refractivity contribution in [2.45, 2.75) is 51.1 Å². The minimum atomic E-state index is -1.29. The Labute approximate surface area is 152 Å². The molecule has 2 fully saturated rings. The first-order valence-corrected chi connectivity index (χ1v) is 9.06. The maximum atomic E-state index is 13.2. The van der Waals surface area contributed by atoms with E-state index in [0.29, 0.717) is 12.1 Å². The molecule has 0 aliphatic carbocycles. The van der Waals surface area contributed by atoms with Gasteiger partial charge in [0.1, 0.15) is 17.9 Å². The first kappa shape index (κ1) is 18.4. The molecule has 2 saturated heterocycles. The lowest BCUT2D eigenvalue weighted by molar-refractivity contribution is -0.141. The number of likely N-dealkylation sites (tertiary alicyclic amines) is 1. The molecule has 0 radical (unpaired) electrons. The maximum Gasteiger partial charge on any atom is 0.325 e. The van der Waals surface area contributed by atoms with Crippen LogP contribution >= 0.6 is 0 Å². The van der Waals surface area contributed by atoms with E-state index in [9.17, 15) is 18.8 Å². The second kappa shape index (κ2) is 7.05. The van der Waals surface area contributed by atoms with Crippen LogP contribution in [0.2, 0.25) is 0 Å². The fourth-order valence-corrected chi connectivity index (χ4v) is 3.80. The molecule has 0 saturated carbocycles. The Kier molecular flexibility index (Phi) is 4.98. The van der Waals surface area contributed by atoms with Crippen molar-refractivity contribution in [2.24, 2.45) is 0 Å². The number of piperidine rings is 1. The van der Waals surface area contributed by atoms with Crippen molar-refractivity contribution in [1.82, 2.24) is 15.1 Å². The average Bonchev–Trinajstić information content (AvgIpc) is 2.86. The maximum absolute atomic E-state index is 13.2. The van der Waals surface area contributed by atoms with Crippen LogP contribution in [0.15, 0.2) is 24.3 Å². The number of nitrogens with zero attached hydrogens (tertiary/aromatic N) is 2. The van der Waals surface area contributed by atoms with E-state index in [0.717, 1.165) is 30.6 Å². The quantitative estimate of drug-likeness (QED) is 0.837. The van der Waals surface area contributed by atoms with E-state index in [-0.39, 0.29) is 18.5 Å². The van der Waals surface area contributed by atoms with Crippen molar-refractivity contribution in [1.29, 1.82) is 0 Å². The van der Waals surface area contributed by atoms with Crippen LogP contribution in [0.4, 0.5) is 9.18 Å². The molecule has 2 unspecified atom stereocenters. The van der Waals surface area contributed by atoms with E-state index in [2.05, 4.69) is 5.32 Å². The second-order valence-electron chi connectivity index (χ2n) is 7.10. The number of urea groups is 1. The fourth-order valence-electron chi connectivity index (χ4n) is 3.80. The van der Waals surface area contributed by atoms with Gasteiger partial charge in [-0.3, -0.25) is 14.5 Å². The van der Waals surface area contributed by atoms with E-state index in [1.165, 1.54) is 24.3 Å². The molecule has 26 heavy (non-hydrogen) atoms. The first-order valence-electron chi connectivity index (χ1n) is 9.06. The highest BCUT2D eigenvalue weighted by molar-refractivity contribution is 6.09. The molecule has 3 rings (SSSR count). The number of halogens is 1. The summed E-state index contributed by atoms with van der Waals surface area (Å²) in [5.74, 6) is -1.12. The van der Waals surface area contributed by atoms with Crippen LogP contribution in [-0.2, 0) is 15.1 Å². The average molecular weight is 361 g/mol. The highest BCUT2D eigenvalue weighted by Crippen LogP contribution is 2.29. The number of benzene rings is 1. The smallest absolute Gasteiger partial charge is 0.325 e. The van der Waals surface area contributed by atoms with Gasteiger partial charge in [-0.2, -0.15) is 0 Å². The molecule has 1 aromatic carbocycles. The van der Waals surface area contributed by atoms with Crippen LogP contribution in [0.5, 0.6) is 0 Å². The third-order valence-electron chi connectivity index (χ3n) is 5.41. The molecule has 2 atom stereocenters. The lowest BCUT2D eigenvalue weighted by Gasteiger charge is -2.36. The van der Waals surface area contributed by atoms with Gasteiger partial charge in [0, 0.05) is 12.6 Å². The van der Waals surface area contributed by atoms with Gasteiger partial charge in [-0.05, 0) is 50.3 Å².